The van der Waals surface area contributed by atoms with Gasteiger partial charge in [-0.3, -0.25) is 4.79 Å². The molecule has 0 bridgehead atoms. The zero-order chi connectivity index (χ0) is 19.9. The Labute approximate surface area is 166 Å². The van der Waals surface area contributed by atoms with Gasteiger partial charge in [0.15, 0.2) is 0 Å². The van der Waals surface area contributed by atoms with Gasteiger partial charge in [-0.15, -0.1) is 0 Å². The maximum Gasteiger partial charge on any atom is 0.256 e. The first-order chi connectivity index (χ1) is 13.6. The number of carbonyl (C=O) groups is 1. The molecular weight excluding hydrogens is 354 g/mol. The number of nitrogens with zero attached hydrogens (tertiary/aromatic N) is 2. The molecule has 0 atom stereocenters. The molecule has 0 aliphatic carbocycles. The molecule has 0 saturated carbocycles. The van der Waals surface area contributed by atoms with Crippen LogP contribution in [0.1, 0.15) is 37.0 Å². The van der Waals surface area contributed by atoms with Crippen molar-refractivity contribution in [2.75, 3.05) is 31.7 Å². The first kappa shape index (κ1) is 20.0. The number of methoxy groups -OCH3 is 1. The summed E-state index contributed by atoms with van der Waals surface area (Å²) in [6.07, 6.45) is 3.44. The number of aromatic nitrogens is 1. The number of pyridine rings is 1. The van der Waals surface area contributed by atoms with Crippen molar-refractivity contribution in [3.05, 3.63) is 48.2 Å². The quantitative estimate of drug-likeness (QED) is 0.793. The molecule has 28 heavy (non-hydrogen) atoms. The Morgan fingerprint density at radius 1 is 1.25 bits per heavy atom. The molecule has 0 radical (unpaired) electrons. The van der Waals surface area contributed by atoms with Crippen LogP contribution in [0.25, 0.3) is 0 Å². The number of anilines is 1. The summed E-state index contributed by atoms with van der Waals surface area (Å²) in [6.45, 7) is 6.46. The molecule has 6 nitrogen and oxygen atoms in total. The molecule has 1 aliphatic heterocycles. The third-order valence-corrected chi connectivity index (χ3v) is 4.82. The number of nitrogens with one attached hydrogen (secondary N) is 1. The van der Waals surface area contributed by atoms with Crippen molar-refractivity contribution in [1.29, 1.82) is 0 Å². The van der Waals surface area contributed by atoms with Crippen LogP contribution in [0.4, 0.5) is 5.69 Å². The van der Waals surface area contributed by atoms with Crippen LogP contribution in [0, 0.1) is 5.92 Å². The first-order valence-electron chi connectivity index (χ1n) is 9.84. The van der Waals surface area contributed by atoms with Gasteiger partial charge in [0.25, 0.3) is 5.91 Å². The third-order valence-electron chi connectivity index (χ3n) is 4.82. The molecule has 6 heteroatoms. The Balaban J connectivity index is 1.57. The normalized spacial score (nSPS) is 14.8. The highest BCUT2D eigenvalue weighted by Gasteiger charge is 2.23. The summed E-state index contributed by atoms with van der Waals surface area (Å²) in [4.78, 5) is 19.3. The highest BCUT2D eigenvalue weighted by molar-refractivity contribution is 5.96. The van der Waals surface area contributed by atoms with Crippen molar-refractivity contribution in [1.82, 2.24) is 10.3 Å². The molecule has 1 aromatic heterocycles. The summed E-state index contributed by atoms with van der Waals surface area (Å²) >= 11 is 0. The number of rotatable bonds is 7. The zero-order valence-corrected chi connectivity index (χ0v) is 16.9. The molecule has 150 valence electrons. The van der Waals surface area contributed by atoms with E-state index in [0.29, 0.717) is 24.0 Å². The molecule has 3 rings (SSSR count). The Kier molecular flexibility index (Phi) is 6.74. The standard InChI is InChI=1S/C22H29N3O3/c1-16(2)15-28-22-20(8-5-11-23-22)21(26)24-17-9-12-25(13-10-17)18-6-4-7-19(14-18)27-3/h4-8,11,14,16-17H,9-10,12-13,15H2,1-3H3,(H,24,26). The van der Waals surface area contributed by atoms with Crippen molar-refractivity contribution in [3.63, 3.8) is 0 Å². The summed E-state index contributed by atoms with van der Waals surface area (Å²) in [6, 6.07) is 11.8. The van der Waals surface area contributed by atoms with Crippen LogP contribution in [0.15, 0.2) is 42.6 Å². The predicted octanol–water partition coefficient (Wildman–Crippen LogP) is 3.52. The lowest BCUT2D eigenvalue weighted by Gasteiger charge is -2.34. The van der Waals surface area contributed by atoms with E-state index in [2.05, 4.69) is 35.1 Å². The van der Waals surface area contributed by atoms with E-state index in [0.717, 1.165) is 37.4 Å². The lowest BCUT2D eigenvalue weighted by Crippen LogP contribution is -2.44. The van der Waals surface area contributed by atoms with Gasteiger partial charge in [-0.2, -0.15) is 0 Å². The van der Waals surface area contributed by atoms with Crippen LogP contribution in [-0.2, 0) is 0 Å². The topological polar surface area (TPSA) is 63.7 Å². The van der Waals surface area contributed by atoms with E-state index < -0.39 is 0 Å². The molecule has 1 N–H and O–H groups in total. The maximum atomic E-state index is 12.8. The van der Waals surface area contributed by atoms with Crippen molar-refractivity contribution in [2.24, 2.45) is 5.92 Å². The van der Waals surface area contributed by atoms with E-state index in [4.69, 9.17) is 9.47 Å². The zero-order valence-electron chi connectivity index (χ0n) is 16.9. The largest absolute Gasteiger partial charge is 0.497 e. The molecule has 1 saturated heterocycles. The van der Waals surface area contributed by atoms with Crippen LogP contribution >= 0.6 is 0 Å². The second-order valence-corrected chi connectivity index (χ2v) is 7.50. The molecule has 1 aliphatic rings. The van der Waals surface area contributed by atoms with E-state index in [1.54, 1.807) is 25.4 Å². The third kappa shape index (κ3) is 5.15. The molecule has 0 unspecified atom stereocenters. The Hall–Kier alpha value is -2.76. The molecule has 2 aromatic rings. The second kappa shape index (κ2) is 9.44. The minimum Gasteiger partial charge on any atom is -0.497 e. The van der Waals surface area contributed by atoms with Crippen molar-refractivity contribution >= 4 is 11.6 Å². The molecule has 0 spiro atoms. The van der Waals surface area contributed by atoms with Crippen molar-refractivity contribution in [2.45, 2.75) is 32.7 Å². The summed E-state index contributed by atoms with van der Waals surface area (Å²) in [5.41, 5.74) is 1.65. The maximum absolute atomic E-state index is 12.8. The monoisotopic (exact) mass is 383 g/mol. The number of hydrogen-bond donors (Lipinski definition) is 1. The van der Waals surface area contributed by atoms with Gasteiger partial charge in [-0.25, -0.2) is 4.98 Å². The Morgan fingerprint density at radius 2 is 2.04 bits per heavy atom. The fourth-order valence-electron chi connectivity index (χ4n) is 3.28. The molecule has 1 fully saturated rings. The van der Waals surface area contributed by atoms with Crippen LogP contribution in [-0.4, -0.2) is 43.7 Å². The van der Waals surface area contributed by atoms with Gasteiger partial charge >= 0.3 is 0 Å². The highest BCUT2D eigenvalue weighted by atomic mass is 16.5. The number of hydrogen-bond acceptors (Lipinski definition) is 5. The molecule has 2 heterocycles. The minimum absolute atomic E-state index is 0.119. The van der Waals surface area contributed by atoms with Gasteiger partial charge in [-0.1, -0.05) is 19.9 Å². The van der Waals surface area contributed by atoms with E-state index in [1.165, 1.54) is 0 Å². The van der Waals surface area contributed by atoms with Gasteiger partial charge in [0.2, 0.25) is 5.88 Å². The highest BCUT2D eigenvalue weighted by Crippen LogP contribution is 2.24. The predicted molar refractivity (Wildman–Crippen MR) is 110 cm³/mol. The van der Waals surface area contributed by atoms with Gasteiger partial charge in [0.1, 0.15) is 11.3 Å². The number of amides is 1. The lowest BCUT2D eigenvalue weighted by molar-refractivity contribution is 0.0925. The van der Waals surface area contributed by atoms with E-state index >= 15 is 0 Å². The van der Waals surface area contributed by atoms with Crippen LogP contribution in [0.2, 0.25) is 0 Å². The van der Waals surface area contributed by atoms with Crippen LogP contribution in [0.5, 0.6) is 11.6 Å². The van der Waals surface area contributed by atoms with Gasteiger partial charge in [0.05, 0.1) is 13.7 Å². The fraction of sp³-hybridized carbons (Fsp3) is 0.455. The molecule has 1 amide bonds. The van der Waals surface area contributed by atoms with E-state index in [-0.39, 0.29) is 11.9 Å². The summed E-state index contributed by atoms with van der Waals surface area (Å²) < 4.78 is 11.0. The van der Waals surface area contributed by atoms with Gasteiger partial charge in [0, 0.05) is 37.1 Å². The Morgan fingerprint density at radius 3 is 2.75 bits per heavy atom. The number of carbonyl (C=O) groups excluding carboxylic acids is 1. The second-order valence-electron chi connectivity index (χ2n) is 7.50. The summed E-state index contributed by atoms with van der Waals surface area (Å²) in [5, 5.41) is 3.15. The van der Waals surface area contributed by atoms with Gasteiger partial charge < -0.3 is 19.7 Å². The molecule has 1 aromatic carbocycles. The fourth-order valence-corrected chi connectivity index (χ4v) is 3.28. The van der Waals surface area contributed by atoms with E-state index in [1.807, 2.05) is 18.2 Å². The SMILES string of the molecule is COc1cccc(N2CCC(NC(=O)c3cccnc3OCC(C)C)CC2)c1. The number of benzene rings is 1. The smallest absolute Gasteiger partial charge is 0.256 e. The van der Waals surface area contributed by atoms with Crippen molar-refractivity contribution in [3.8, 4) is 11.6 Å². The van der Waals surface area contributed by atoms with Crippen LogP contribution < -0.4 is 19.7 Å². The van der Waals surface area contributed by atoms with E-state index in [9.17, 15) is 4.79 Å². The van der Waals surface area contributed by atoms with Crippen LogP contribution in [0.3, 0.4) is 0 Å². The van der Waals surface area contributed by atoms with Gasteiger partial charge in [-0.05, 0) is 43.0 Å². The summed E-state index contributed by atoms with van der Waals surface area (Å²) in [5.74, 6) is 1.52. The first-order valence-corrected chi connectivity index (χ1v) is 9.84. The summed E-state index contributed by atoms with van der Waals surface area (Å²) in [7, 11) is 1.68. The minimum atomic E-state index is -0.119. The number of piperidine rings is 1. The average Bonchev–Trinajstić information content (AvgIpc) is 2.73. The Bertz CT molecular complexity index is 786. The lowest BCUT2D eigenvalue weighted by atomic mass is 10.0. The number of ether oxygens (including phenoxy) is 2. The molecular formula is C22H29N3O3. The average molecular weight is 383 g/mol. The van der Waals surface area contributed by atoms with Crippen molar-refractivity contribution < 1.29 is 14.3 Å².